The molecule has 2 aromatic carbocycles. The predicted molar refractivity (Wildman–Crippen MR) is 91.8 cm³/mol. The van der Waals surface area contributed by atoms with Crippen LogP contribution in [0.25, 0.3) is 0 Å². The zero-order valence-corrected chi connectivity index (χ0v) is 13.7. The average molecular weight is 306 g/mol. The number of amides is 1. The first-order chi connectivity index (χ1) is 11.1. The van der Waals surface area contributed by atoms with Crippen molar-refractivity contribution in [3.8, 4) is 6.07 Å². The lowest BCUT2D eigenvalue weighted by Gasteiger charge is -2.17. The molecule has 118 valence electrons. The maximum atomic E-state index is 12.2. The van der Waals surface area contributed by atoms with E-state index in [4.69, 9.17) is 5.26 Å². The molecule has 0 fully saturated rings. The lowest BCUT2D eigenvalue weighted by Crippen LogP contribution is -2.26. The fourth-order valence-corrected chi connectivity index (χ4v) is 2.43. The van der Waals surface area contributed by atoms with Crippen LogP contribution in [0.2, 0.25) is 0 Å². The zero-order valence-electron chi connectivity index (χ0n) is 13.7. The van der Waals surface area contributed by atoms with Crippen molar-refractivity contribution in [1.82, 2.24) is 4.90 Å². The smallest absolute Gasteiger partial charge is 0.222 e. The van der Waals surface area contributed by atoms with E-state index in [9.17, 15) is 4.79 Å². The maximum Gasteiger partial charge on any atom is 0.222 e. The molecule has 0 aliphatic carbocycles. The summed E-state index contributed by atoms with van der Waals surface area (Å²) >= 11 is 0. The molecule has 0 unspecified atom stereocenters. The molecule has 0 aliphatic rings. The molecule has 0 aliphatic heterocycles. The van der Waals surface area contributed by atoms with Crippen molar-refractivity contribution in [1.29, 1.82) is 5.26 Å². The number of aryl methyl sites for hydroxylation is 2. The van der Waals surface area contributed by atoms with E-state index in [0.29, 0.717) is 24.9 Å². The number of benzene rings is 2. The summed E-state index contributed by atoms with van der Waals surface area (Å²) in [6.45, 7) is 2.77. The van der Waals surface area contributed by atoms with Crippen molar-refractivity contribution in [3.05, 3.63) is 70.8 Å². The molecule has 0 saturated carbocycles. The van der Waals surface area contributed by atoms with E-state index in [1.807, 2.05) is 19.2 Å². The van der Waals surface area contributed by atoms with Gasteiger partial charge in [-0.2, -0.15) is 5.26 Å². The third-order valence-electron chi connectivity index (χ3n) is 3.99. The highest BCUT2D eigenvalue weighted by Crippen LogP contribution is 2.10. The largest absolute Gasteiger partial charge is 0.341 e. The van der Waals surface area contributed by atoms with Crippen LogP contribution in [0, 0.1) is 11.3 Å². The van der Waals surface area contributed by atoms with Crippen LogP contribution < -0.4 is 0 Å². The second-order valence-corrected chi connectivity index (χ2v) is 5.73. The molecule has 23 heavy (non-hydrogen) atoms. The Balaban J connectivity index is 1.85. The van der Waals surface area contributed by atoms with Crippen molar-refractivity contribution in [2.24, 2.45) is 0 Å². The van der Waals surface area contributed by atoms with Crippen LogP contribution in [0.5, 0.6) is 0 Å². The number of hydrogen-bond donors (Lipinski definition) is 0. The number of carbonyl (C=O) groups excluding carboxylic acids is 1. The molecule has 1 amide bonds. The van der Waals surface area contributed by atoms with Crippen LogP contribution in [0.4, 0.5) is 0 Å². The van der Waals surface area contributed by atoms with Crippen LogP contribution in [-0.2, 0) is 24.2 Å². The average Bonchev–Trinajstić information content (AvgIpc) is 2.60. The second kappa shape index (κ2) is 8.14. The normalized spacial score (nSPS) is 10.1. The Bertz CT molecular complexity index is 681. The lowest BCUT2D eigenvalue weighted by molar-refractivity contribution is -0.130. The van der Waals surface area contributed by atoms with E-state index in [2.05, 4.69) is 37.3 Å². The highest BCUT2D eigenvalue weighted by Gasteiger charge is 2.09. The van der Waals surface area contributed by atoms with Crippen LogP contribution in [0.1, 0.15) is 35.6 Å². The zero-order chi connectivity index (χ0) is 16.7. The molecule has 3 heteroatoms. The predicted octanol–water partition coefficient (Wildman–Crippen LogP) is 3.71. The molecule has 0 aromatic heterocycles. The van der Waals surface area contributed by atoms with E-state index >= 15 is 0 Å². The fourth-order valence-electron chi connectivity index (χ4n) is 2.43. The molecule has 0 bridgehead atoms. The minimum Gasteiger partial charge on any atom is -0.341 e. The van der Waals surface area contributed by atoms with Gasteiger partial charge in [-0.3, -0.25) is 4.79 Å². The molecule has 2 rings (SSSR count). The summed E-state index contributed by atoms with van der Waals surface area (Å²) in [5.41, 5.74) is 4.19. The fraction of sp³-hybridized carbons (Fsp3) is 0.300. The van der Waals surface area contributed by atoms with E-state index in [-0.39, 0.29) is 5.91 Å². The highest BCUT2D eigenvalue weighted by molar-refractivity contribution is 5.76. The van der Waals surface area contributed by atoms with E-state index in [1.54, 1.807) is 17.0 Å². The van der Waals surface area contributed by atoms with Crippen LogP contribution in [-0.4, -0.2) is 17.9 Å². The lowest BCUT2D eigenvalue weighted by atomic mass is 10.1. The van der Waals surface area contributed by atoms with E-state index in [1.165, 1.54) is 5.56 Å². The third-order valence-corrected chi connectivity index (χ3v) is 3.99. The molecule has 0 radical (unpaired) electrons. The van der Waals surface area contributed by atoms with Gasteiger partial charge >= 0.3 is 0 Å². The van der Waals surface area contributed by atoms with Crippen LogP contribution in [0.3, 0.4) is 0 Å². The molecule has 0 heterocycles. The van der Waals surface area contributed by atoms with Crippen molar-refractivity contribution in [3.63, 3.8) is 0 Å². The number of hydrogen-bond acceptors (Lipinski definition) is 2. The highest BCUT2D eigenvalue weighted by atomic mass is 16.2. The molecular formula is C20H22N2O. The van der Waals surface area contributed by atoms with Crippen LogP contribution >= 0.6 is 0 Å². The van der Waals surface area contributed by atoms with Gasteiger partial charge in [-0.15, -0.1) is 0 Å². The summed E-state index contributed by atoms with van der Waals surface area (Å²) < 4.78 is 0. The number of nitrogens with zero attached hydrogens (tertiary/aromatic N) is 2. The second-order valence-electron chi connectivity index (χ2n) is 5.73. The van der Waals surface area contributed by atoms with Crippen molar-refractivity contribution >= 4 is 5.91 Å². The Kier molecular flexibility index (Phi) is 5.94. The minimum atomic E-state index is 0.133. The Hall–Kier alpha value is -2.60. The van der Waals surface area contributed by atoms with Gasteiger partial charge in [-0.1, -0.05) is 43.3 Å². The molecule has 2 aromatic rings. The quantitative estimate of drug-likeness (QED) is 0.816. The van der Waals surface area contributed by atoms with Gasteiger partial charge in [0.05, 0.1) is 11.6 Å². The molecule has 3 nitrogen and oxygen atoms in total. The summed E-state index contributed by atoms with van der Waals surface area (Å²) in [6, 6.07) is 17.9. The number of nitriles is 1. The first-order valence-electron chi connectivity index (χ1n) is 7.93. The van der Waals surface area contributed by atoms with Gasteiger partial charge in [0.2, 0.25) is 5.91 Å². The summed E-state index contributed by atoms with van der Waals surface area (Å²) in [5.74, 6) is 0.133. The monoisotopic (exact) mass is 306 g/mol. The first-order valence-corrected chi connectivity index (χ1v) is 7.93. The van der Waals surface area contributed by atoms with Gasteiger partial charge in [-0.25, -0.2) is 0 Å². The first kappa shape index (κ1) is 16.8. The topological polar surface area (TPSA) is 44.1 Å². The summed E-state index contributed by atoms with van der Waals surface area (Å²) in [6.07, 6.45) is 2.21. The maximum absolute atomic E-state index is 12.2. The van der Waals surface area contributed by atoms with Gasteiger partial charge in [0, 0.05) is 20.0 Å². The third kappa shape index (κ3) is 4.96. The Morgan fingerprint density at radius 1 is 1.00 bits per heavy atom. The van der Waals surface area contributed by atoms with Crippen molar-refractivity contribution in [2.75, 3.05) is 7.05 Å². The minimum absolute atomic E-state index is 0.133. The Labute approximate surface area is 138 Å². The summed E-state index contributed by atoms with van der Waals surface area (Å²) in [5, 5.41) is 8.78. The molecule has 0 N–H and O–H groups in total. The summed E-state index contributed by atoms with van der Waals surface area (Å²) in [4.78, 5) is 14.0. The van der Waals surface area contributed by atoms with Crippen molar-refractivity contribution in [2.45, 2.75) is 32.7 Å². The van der Waals surface area contributed by atoms with Crippen molar-refractivity contribution < 1.29 is 4.79 Å². The SMILES string of the molecule is CCc1ccc(CN(C)C(=O)CCc2ccc(C#N)cc2)cc1. The number of rotatable bonds is 6. The van der Waals surface area contributed by atoms with E-state index in [0.717, 1.165) is 17.5 Å². The molecule has 0 saturated heterocycles. The van der Waals surface area contributed by atoms with Crippen LogP contribution in [0.15, 0.2) is 48.5 Å². The Morgan fingerprint density at radius 3 is 2.13 bits per heavy atom. The van der Waals surface area contributed by atoms with Gasteiger partial charge in [0.25, 0.3) is 0 Å². The molecule has 0 spiro atoms. The van der Waals surface area contributed by atoms with Gasteiger partial charge in [-0.05, 0) is 41.7 Å². The number of carbonyl (C=O) groups is 1. The molecule has 0 atom stereocenters. The standard InChI is InChI=1S/C20H22N2O/c1-3-16-4-10-19(11-5-16)15-22(2)20(23)13-12-17-6-8-18(14-21)9-7-17/h4-11H,3,12-13,15H2,1-2H3. The molecular weight excluding hydrogens is 284 g/mol. The van der Waals surface area contributed by atoms with Gasteiger partial charge in [0.1, 0.15) is 0 Å². The Morgan fingerprint density at radius 2 is 1.57 bits per heavy atom. The van der Waals surface area contributed by atoms with Gasteiger partial charge < -0.3 is 4.90 Å². The summed E-state index contributed by atoms with van der Waals surface area (Å²) in [7, 11) is 1.84. The van der Waals surface area contributed by atoms with E-state index < -0.39 is 0 Å². The van der Waals surface area contributed by atoms with Gasteiger partial charge in [0.15, 0.2) is 0 Å².